The fourth-order valence-electron chi connectivity index (χ4n) is 1.66. The maximum absolute atomic E-state index is 11.5. The van der Waals surface area contributed by atoms with Gasteiger partial charge in [-0.3, -0.25) is 9.59 Å². The van der Waals surface area contributed by atoms with Crippen LogP contribution in [0, 0.1) is 0 Å². The lowest BCUT2D eigenvalue weighted by Crippen LogP contribution is -2.32. The van der Waals surface area contributed by atoms with Crippen molar-refractivity contribution < 1.29 is 14.3 Å². The number of primary amides is 1. The molecule has 2 amide bonds. The number of hydrogen-bond acceptors (Lipinski definition) is 4. The molecule has 22 heavy (non-hydrogen) atoms. The average Bonchev–Trinajstić information content (AvgIpc) is 2.47. The molecule has 6 nitrogen and oxygen atoms in total. The van der Waals surface area contributed by atoms with Crippen LogP contribution < -0.4 is 21.1 Å². The molecule has 1 rings (SSSR count). The van der Waals surface area contributed by atoms with Gasteiger partial charge >= 0.3 is 0 Å². The molecule has 0 heterocycles. The second-order valence-corrected chi connectivity index (χ2v) is 4.59. The first-order chi connectivity index (χ1) is 10.1. The number of nitrogens with one attached hydrogen (secondary N) is 2. The Kier molecular flexibility index (Phi) is 10.9. The van der Waals surface area contributed by atoms with E-state index in [2.05, 4.69) is 17.6 Å². The first kappa shape index (κ1) is 20.2. The number of nitrogens with two attached hydrogens (primary N) is 1. The predicted octanol–water partition coefficient (Wildman–Crippen LogP) is 1.09. The van der Waals surface area contributed by atoms with Crippen LogP contribution in [-0.2, 0) is 4.79 Å². The normalized spacial score (nSPS) is 9.68. The molecule has 0 radical (unpaired) electrons. The monoisotopic (exact) mass is 329 g/mol. The minimum atomic E-state index is -0.474. The molecule has 0 aliphatic heterocycles. The van der Waals surface area contributed by atoms with Crippen molar-refractivity contribution in [2.45, 2.75) is 19.8 Å². The smallest absolute Gasteiger partial charge is 0.248 e. The molecule has 0 saturated heterocycles. The molecule has 0 aliphatic carbocycles. The molecule has 124 valence electrons. The fourth-order valence-corrected chi connectivity index (χ4v) is 1.66. The molecule has 0 unspecified atom stereocenters. The van der Waals surface area contributed by atoms with E-state index in [0.29, 0.717) is 30.9 Å². The Morgan fingerprint density at radius 3 is 2.41 bits per heavy atom. The van der Waals surface area contributed by atoms with Crippen LogP contribution in [-0.4, -0.2) is 38.1 Å². The van der Waals surface area contributed by atoms with Gasteiger partial charge < -0.3 is 21.1 Å². The van der Waals surface area contributed by atoms with Crippen molar-refractivity contribution in [1.29, 1.82) is 0 Å². The maximum Gasteiger partial charge on any atom is 0.248 e. The number of benzene rings is 1. The van der Waals surface area contributed by atoms with E-state index in [0.717, 1.165) is 19.5 Å². The fraction of sp³-hybridized carbons (Fsp3) is 0.467. The molecular weight excluding hydrogens is 306 g/mol. The van der Waals surface area contributed by atoms with Gasteiger partial charge in [0.05, 0.1) is 13.0 Å². The number of carbonyl (C=O) groups excluding carboxylic acids is 2. The molecule has 1 aromatic carbocycles. The molecule has 0 aliphatic rings. The van der Waals surface area contributed by atoms with Crippen molar-refractivity contribution in [2.75, 3.05) is 26.2 Å². The third kappa shape index (κ3) is 8.49. The third-order valence-corrected chi connectivity index (χ3v) is 2.79. The van der Waals surface area contributed by atoms with Crippen molar-refractivity contribution in [2.24, 2.45) is 5.73 Å². The molecule has 0 spiro atoms. The number of ether oxygens (including phenoxy) is 1. The lowest BCUT2D eigenvalue weighted by Gasteiger charge is -2.08. The van der Waals surface area contributed by atoms with Gasteiger partial charge in [0, 0.05) is 18.7 Å². The SMILES string of the molecule is CCCNCCNC(=O)CCOc1ccc(C(N)=O)cc1.Cl. The van der Waals surface area contributed by atoms with E-state index in [-0.39, 0.29) is 18.3 Å². The second-order valence-electron chi connectivity index (χ2n) is 4.59. The molecule has 1 aromatic rings. The van der Waals surface area contributed by atoms with Crippen molar-refractivity contribution in [3.63, 3.8) is 0 Å². The Hall–Kier alpha value is -1.79. The molecule has 0 bridgehead atoms. The van der Waals surface area contributed by atoms with E-state index in [1.165, 1.54) is 0 Å². The van der Waals surface area contributed by atoms with Crippen molar-refractivity contribution in [3.8, 4) is 5.75 Å². The summed E-state index contributed by atoms with van der Waals surface area (Å²) >= 11 is 0. The number of rotatable bonds is 10. The van der Waals surface area contributed by atoms with Crippen LogP contribution in [0.25, 0.3) is 0 Å². The Morgan fingerprint density at radius 2 is 1.82 bits per heavy atom. The minimum Gasteiger partial charge on any atom is -0.493 e. The van der Waals surface area contributed by atoms with Crippen molar-refractivity contribution in [1.82, 2.24) is 10.6 Å². The highest BCUT2D eigenvalue weighted by Crippen LogP contribution is 2.11. The van der Waals surface area contributed by atoms with Gasteiger partial charge in [-0.05, 0) is 37.2 Å². The minimum absolute atomic E-state index is 0. The van der Waals surface area contributed by atoms with Crippen LogP contribution in [0.5, 0.6) is 5.75 Å². The summed E-state index contributed by atoms with van der Waals surface area (Å²) in [4.78, 5) is 22.4. The maximum atomic E-state index is 11.5. The number of hydrogen-bond donors (Lipinski definition) is 3. The van der Waals surface area contributed by atoms with E-state index in [4.69, 9.17) is 10.5 Å². The van der Waals surface area contributed by atoms with Gasteiger partial charge in [0.15, 0.2) is 0 Å². The molecule has 7 heteroatoms. The van der Waals surface area contributed by atoms with Crippen LogP contribution >= 0.6 is 12.4 Å². The summed E-state index contributed by atoms with van der Waals surface area (Å²) in [6.07, 6.45) is 1.38. The Morgan fingerprint density at radius 1 is 1.14 bits per heavy atom. The second kappa shape index (κ2) is 11.8. The summed E-state index contributed by atoms with van der Waals surface area (Å²) in [6, 6.07) is 6.51. The summed E-state index contributed by atoms with van der Waals surface area (Å²) in [7, 11) is 0. The van der Waals surface area contributed by atoms with Crippen molar-refractivity contribution >= 4 is 24.2 Å². The standard InChI is InChI=1S/C15H23N3O3.ClH/c1-2-8-17-9-10-18-14(19)7-11-21-13-5-3-12(4-6-13)15(16)20;/h3-6,17H,2,7-11H2,1H3,(H2,16,20)(H,18,19);1H. The van der Waals surface area contributed by atoms with E-state index >= 15 is 0 Å². The zero-order chi connectivity index (χ0) is 15.5. The average molecular weight is 330 g/mol. The highest BCUT2D eigenvalue weighted by atomic mass is 35.5. The van der Waals surface area contributed by atoms with E-state index in [9.17, 15) is 9.59 Å². The number of halogens is 1. The van der Waals surface area contributed by atoms with Crippen LogP contribution in [0.1, 0.15) is 30.1 Å². The van der Waals surface area contributed by atoms with Crippen LogP contribution in [0.15, 0.2) is 24.3 Å². The largest absolute Gasteiger partial charge is 0.493 e. The van der Waals surface area contributed by atoms with Crippen LogP contribution in [0.2, 0.25) is 0 Å². The summed E-state index contributed by atoms with van der Waals surface area (Å²) in [5.41, 5.74) is 5.57. The molecule has 0 saturated carbocycles. The Bertz CT molecular complexity index is 452. The van der Waals surface area contributed by atoms with Gasteiger partial charge in [-0.15, -0.1) is 12.4 Å². The predicted molar refractivity (Wildman–Crippen MR) is 88.5 cm³/mol. The van der Waals surface area contributed by atoms with Gasteiger partial charge in [-0.2, -0.15) is 0 Å². The third-order valence-electron chi connectivity index (χ3n) is 2.79. The highest BCUT2D eigenvalue weighted by molar-refractivity contribution is 5.92. The molecule has 0 aromatic heterocycles. The Balaban J connectivity index is 0.00000441. The number of carbonyl (C=O) groups is 2. The summed E-state index contributed by atoms with van der Waals surface area (Å²) in [6.45, 7) is 4.74. The Labute approximate surface area is 137 Å². The highest BCUT2D eigenvalue weighted by Gasteiger charge is 2.03. The van der Waals surface area contributed by atoms with Crippen LogP contribution in [0.3, 0.4) is 0 Å². The van der Waals surface area contributed by atoms with Crippen molar-refractivity contribution in [3.05, 3.63) is 29.8 Å². The van der Waals surface area contributed by atoms with Gasteiger partial charge in [0.25, 0.3) is 0 Å². The summed E-state index contributed by atoms with van der Waals surface area (Å²) in [5.74, 6) is 0.0945. The quantitative estimate of drug-likeness (QED) is 0.560. The lowest BCUT2D eigenvalue weighted by molar-refractivity contribution is -0.121. The molecule has 0 fully saturated rings. The van der Waals surface area contributed by atoms with E-state index < -0.39 is 5.91 Å². The van der Waals surface area contributed by atoms with Gasteiger partial charge in [0.2, 0.25) is 11.8 Å². The molecule has 0 atom stereocenters. The van der Waals surface area contributed by atoms with Gasteiger partial charge in [0.1, 0.15) is 5.75 Å². The zero-order valence-corrected chi connectivity index (χ0v) is 13.6. The lowest BCUT2D eigenvalue weighted by atomic mass is 10.2. The summed E-state index contributed by atoms with van der Waals surface area (Å²) in [5, 5.41) is 6.01. The van der Waals surface area contributed by atoms with Gasteiger partial charge in [-0.1, -0.05) is 6.92 Å². The van der Waals surface area contributed by atoms with E-state index in [1.807, 2.05) is 0 Å². The molecule has 4 N–H and O–H groups in total. The number of amides is 2. The van der Waals surface area contributed by atoms with E-state index in [1.54, 1.807) is 24.3 Å². The van der Waals surface area contributed by atoms with Crippen LogP contribution in [0.4, 0.5) is 0 Å². The molecular formula is C15H24ClN3O3. The topological polar surface area (TPSA) is 93.4 Å². The first-order valence-electron chi connectivity index (χ1n) is 7.13. The van der Waals surface area contributed by atoms with Gasteiger partial charge in [-0.25, -0.2) is 0 Å². The summed E-state index contributed by atoms with van der Waals surface area (Å²) < 4.78 is 5.43. The zero-order valence-electron chi connectivity index (χ0n) is 12.8. The first-order valence-corrected chi connectivity index (χ1v) is 7.13.